The highest BCUT2D eigenvalue weighted by Crippen LogP contribution is 2.29. The van der Waals surface area contributed by atoms with Gasteiger partial charge in [0.25, 0.3) is 0 Å². The number of hydrogen-bond donors (Lipinski definition) is 0. The van der Waals surface area contributed by atoms with E-state index in [1.807, 2.05) is 0 Å². The summed E-state index contributed by atoms with van der Waals surface area (Å²) >= 11 is 5.80. The van der Waals surface area contributed by atoms with Gasteiger partial charge in [0.2, 0.25) is 0 Å². The summed E-state index contributed by atoms with van der Waals surface area (Å²) in [5.74, 6) is -1.90. The second kappa shape index (κ2) is 8.74. The highest BCUT2D eigenvalue weighted by atomic mass is 35.5. The van der Waals surface area contributed by atoms with Gasteiger partial charge < -0.3 is 4.74 Å². The van der Waals surface area contributed by atoms with E-state index in [2.05, 4.69) is 14.1 Å². The van der Waals surface area contributed by atoms with Crippen LogP contribution in [0.2, 0.25) is 5.02 Å². The molecule has 2 rings (SSSR count). The van der Waals surface area contributed by atoms with E-state index in [-0.39, 0.29) is 22.0 Å². The van der Waals surface area contributed by atoms with Crippen LogP contribution in [-0.2, 0) is 11.0 Å². The average molecular weight is 455 g/mol. The van der Waals surface area contributed by atoms with Crippen molar-refractivity contribution in [3.8, 4) is 5.75 Å². The summed E-state index contributed by atoms with van der Waals surface area (Å²) < 4.78 is 85.0. The standard InChI is InChI=1S/C18H16ClF5N2O2S/c1-17(2,3)29(27)26-15(14-5-4-11(19)9-25-14)10-6-12(20)8-13(7-10)28-18(23,24)16(21)22/h4-9,16H,1-3H3. The van der Waals surface area contributed by atoms with Gasteiger partial charge in [0, 0.05) is 17.8 Å². The minimum Gasteiger partial charge on any atom is -0.428 e. The van der Waals surface area contributed by atoms with Crippen molar-refractivity contribution in [1.82, 2.24) is 4.98 Å². The molecule has 0 aliphatic rings. The Kier molecular flexibility index (Phi) is 7.00. The summed E-state index contributed by atoms with van der Waals surface area (Å²) in [7, 11) is -1.83. The van der Waals surface area contributed by atoms with Crippen molar-refractivity contribution in [1.29, 1.82) is 0 Å². The molecule has 0 N–H and O–H groups in total. The number of alkyl halides is 4. The molecule has 0 amide bonds. The van der Waals surface area contributed by atoms with Gasteiger partial charge in [-0.25, -0.2) is 8.60 Å². The van der Waals surface area contributed by atoms with Crippen molar-refractivity contribution in [3.63, 3.8) is 0 Å². The number of ether oxygens (including phenoxy) is 1. The summed E-state index contributed by atoms with van der Waals surface area (Å²) in [6.45, 7) is 4.93. The topological polar surface area (TPSA) is 51.5 Å². The minimum absolute atomic E-state index is 0.111. The Morgan fingerprint density at radius 2 is 1.86 bits per heavy atom. The molecule has 1 aromatic carbocycles. The quantitative estimate of drug-likeness (QED) is 0.433. The fraction of sp³-hybridized carbons (Fsp3) is 0.333. The van der Waals surface area contributed by atoms with Crippen LogP contribution in [0.3, 0.4) is 0 Å². The van der Waals surface area contributed by atoms with Gasteiger partial charge in [0.1, 0.15) is 28.3 Å². The van der Waals surface area contributed by atoms with Crippen molar-refractivity contribution in [3.05, 3.63) is 58.6 Å². The highest BCUT2D eigenvalue weighted by Gasteiger charge is 2.44. The monoisotopic (exact) mass is 454 g/mol. The molecule has 1 heterocycles. The normalized spacial score (nSPS) is 14.2. The molecule has 2 aromatic rings. The number of rotatable bonds is 6. The predicted molar refractivity (Wildman–Crippen MR) is 101 cm³/mol. The zero-order valence-corrected chi connectivity index (χ0v) is 17.0. The van der Waals surface area contributed by atoms with Crippen LogP contribution >= 0.6 is 11.6 Å². The van der Waals surface area contributed by atoms with E-state index in [4.69, 9.17) is 11.6 Å². The Hall–Kier alpha value is -2.07. The molecule has 1 atom stereocenters. The predicted octanol–water partition coefficient (Wildman–Crippen LogP) is 5.41. The smallest absolute Gasteiger partial charge is 0.428 e. The lowest BCUT2D eigenvalue weighted by molar-refractivity contribution is -0.253. The Morgan fingerprint density at radius 1 is 1.21 bits per heavy atom. The molecule has 4 nitrogen and oxygen atoms in total. The first-order chi connectivity index (χ1) is 13.3. The van der Waals surface area contributed by atoms with E-state index >= 15 is 0 Å². The SMILES string of the molecule is CC(C)(C)S(=O)N=C(c1cc(F)cc(OC(F)(F)C(F)F)c1)c1ccc(Cl)cn1. The third-order valence-corrected chi connectivity index (χ3v) is 4.94. The first-order valence-corrected chi connectivity index (χ1v) is 9.56. The maximum Gasteiger partial charge on any atom is 0.461 e. The number of nitrogens with zero attached hydrogens (tertiary/aromatic N) is 2. The second-order valence-corrected chi connectivity index (χ2v) is 9.15. The molecule has 0 spiro atoms. The molecule has 0 aliphatic carbocycles. The molecule has 29 heavy (non-hydrogen) atoms. The van der Waals surface area contributed by atoms with Crippen LogP contribution in [0.5, 0.6) is 5.75 Å². The zero-order chi connectivity index (χ0) is 22.0. The molecule has 0 saturated carbocycles. The largest absolute Gasteiger partial charge is 0.461 e. The van der Waals surface area contributed by atoms with Gasteiger partial charge in [-0.05, 0) is 45.0 Å². The van der Waals surface area contributed by atoms with E-state index in [0.717, 1.165) is 12.1 Å². The number of pyridine rings is 1. The summed E-state index contributed by atoms with van der Waals surface area (Å²) in [6.07, 6.45) is -7.68. The molecule has 0 saturated heterocycles. The van der Waals surface area contributed by atoms with Crippen LogP contribution in [0.4, 0.5) is 22.0 Å². The third kappa shape index (κ3) is 6.20. The summed E-state index contributed by atoms with van der Waals surface area (Å²) in [4.78, 5) is 4.02. The molecule has 0 radical (unpaired) electrons. The van der Waals surface area contributed by atoms with Crippen LogP contribution in [0.1, 0.15) is 32.0 Å². The van der Waals surface area contributed by atoms with Crippen molar-refractivity contribution >= 4 is 28.3 Å². The lowest BCUT2D eigenvalue weighted by atomic mass is 10.1. The van der Waals surface area contributed by atoms with Gasteiger partial charge in [0.15, 0.2) is 0 Å². The number of aromatic nitrogens is 1. The molecule has 158 valence electrons. The maximum atomic E-state index is 14.0. The van der Waals surface area contributed by atoms with Gasteiger partial charge in [-0.2, -0.15) is 22.0 Å². The molecule has 1 unspecified atom stereocenters. The van der Waals surface area contributed by atoms with E-state index in [1.54, 1.807) is 20.8 Å². The van der Waals surface area contributed by atoms with Crippen molar-refractivity contribution in [2.75, 3.05) is 0 Å². The van der Waals surface area contributed by atoms with Gasteiger partial charge >= 0.3 is 12.5 Å². The van der Waals surface area contributed by atoms with Crippen LogP contribution in [-0.4, -0.2) is 32.2 Å². The second-order valence-electron chi connectivity index (χ2n) is 6.80. The molecular weight excluding hydrogens is 439 g/mol. The molecule has 0 aliphatic heterocycles. The Balaban J connectivity index is 2.60. The summed E-state index contributed by atoms with van der Waals surface area (Å²) in [5.41, 5.74) is -0.138. The maximum absolute atomic E-state index is 14.0. The van der Waals surface area contributed by atoms with Crippen molar-refractivity contribution in [2.45, 2.75) is 38.1 Å². The number of halogens is 6. The highest BCUT2D eigenvalue weighted by molar-refractivity contribution is 7.85. The first-order valence-electron chi connectivity index (χ1n) is 8.08. The summed E-state index contributed by atoms with van der Waals surface area (Å²) in [6, 6.07) is 5.16. The lowest BCUT2D eigenvalue weighted by Gasteiger charge is -2.18. The Morgan fingerprint density at radius 3 is 2.38 bits per heavy atom. The van der Waals surface area contributed by atoms with Gasteiger partial charge in [0.05, 0.1) is 15.5 Å². The van der Waals surface area contributed by atoms with Crippen molar-refractivity contribution in [2.24, 2.45) is 4.40 Å². The van der Waals surface area contributed by atoms with Gasteiger partial charge in [-0.15, -0.1) is 0 Å². The zero-order valence-electron chi connectivity index (χ0n) is 15.4. The molecule has 1 aromatic heterocycles. The van der Waals surface area contributed by atoms with Gasteiger partial charge in [-0.3, -0.25) is 4.98 Å². The molecule has 11 heteroatoms. The number of benzene rings is 1. The Labute approximate surface area is 171 Å². The van der Waals surface area contributed by atoms with E-state index in [9.17, 15) is 26.2 Å². The average Bonchev–Trinajstić information content (AvgIpc) is 2.58. The summed E-state index contributed by atoms with van der Waals surface area (Å²) in [5, 5.41) is 0.282. The minimum atomic E-state index is -4.82. The van der Waals surface area contributed by atoms with Gasteiger partial charge in [-0.1, -0.05) is 11.6 Å². The van der Waals surface area contributed by atoms with E-state index < -0.39 is 39.8 Å². The third-order valence-electron chi connectivity index (χ3n) is 3.32. The lowest BCUT2D eigenvalue weighted by Crippen LogP contribution is -2.33. The van der Waals surface area contributed by atoms with Crippen LogP contribution in [0.15, 0.2) is 40.9 Å². The van der Waals surface area contributed by atoms with Crippen LogP contribution in [0.25, 0.3) is 0 Å². The Bertz CT molecular complexity index is 931. The fourth-order valence-corrected chi connectivity index (χ4v) is 2.69. The van der Waals surface area contributed by atoms with Crippen LogP contribution in [0, 0.1) is 5.82 Å². The molecule has 0 bridgehead atoms. The molecular formula is C18H16ClF5N2O2S. The van der Waals surface area contributed by atoms with Crippen LogP contribution < -0.4 is 4.74 Å². The van der Waals surface area contributed by atoms with E-state index in [1.165, 1.54) is 18.3 Å². The van der Waals surface area contributed by atoms with Crippen molar-refractivity contribution < 1.29 is 30.9 Å². The fourth-order valence-electron chi connectivity index (χ4n) is 1.94. The molecule has 0 fully saturated rings. The van der Waals surface area contributed by atoms with E-state index in [0.29, 0.717) is 6.07 Å². The number of hydrogen-bond acceptors (Lipinski definition) is 3. The first kappa shape index (κ1) is 23.2.